The smallest absolute Gasteiger partial charge is 0.128 e. The third-order valence-corrected chi connectivity index (χ3v) is 2.77. The van der Waals surface area contributed by atoms with E-state index in [9.17, 15) is 8.78 Å². The number of halogens is 2. The second-order valence-corrected chi connectivity index (χ2v) is 3.99. The fraction of sp³-hybridized carbons (Fsp3) is 0.455. The van der Waals surface area contributed by atoms with Crippen molar-refractivity contribution < 1.29 is 8.78 Å². The van der Waals surface area contributed by atoms with Gasteiger partial charge in [-0.15, -0.1) is 0 Å². The lowest BCUT2D eigenvalue weighted by atomic mass is 10.0. The first-order valence-corrected chi connectivity index (χ1v) is 4.80. The van der Waals surface area contributed by atoms with Crippen LogP contribution in [-0.2, 0) is 0 Å². The summed E-state index contributed by atoms with van der Waals surface area (Å²) in [6, 6.07) is 2.10. The minimum absolute atomic E-state index is 0.315. The highest BCUT2D eigenvalue weighted by molar-refractivity contribution is 5.28. The fourth-order valence-electron chi connectivity index (χ4n) is 1.63. The summed E-state index contributed by atoms with van der Waals surface area (Å²) in [7, 11) is 0. The van der Waals surface area contributed by atoms with E-state index in [1.54, 1.807) is 6.92 Å². The molecule has 1 aliphatic rings. The summed E-state index contributed by atoms with van der Waals surface area (Å²) < 4.78 is 26.6. The molecule has 0 aliphatic heterocycles. The normalized spacial score (nSPS) is 18.3. The summed E-state index contributed by atoms with van der Waals surface area (Å²) in [6.07, 6.45) is 2.05. The summed E-state index contributed by atoms with van der Waals surface area (Å²) >= 11 is 0. The van der Waals surface area contributed by atoms with Crippen molar-refractivity contribution in [3.05, 3.63) is 34.9 Å². The zero-order valence-electron chi connectivity index (χ0n) is 8.06. The molecular weight excluding hydrogens is 184 g/mol. The van der Waals surface area contributed by atoms with Crippen LogP contribution in [0.1, 0.15) is 30.0 Å². The maximum absolute atomic E-state index is 13.4. The Hall–Kier alpha value is -0.960. The number of hydrogen-bond acceptors (Lipinski definition) is 1. The number of rotatable bonds is 2. The molecule has 1 saturated carbocycles. The average molecular weight is 197 g/mol. The van der Waals surface area contributed by atoms with Crippen molar-refractivity contribution in [3.8, 4) is 0 Å². The molecule has 1 aromatic rings. The Kier molecular flexibility index (Phi) is 2.27. The third kappa shape index (κ3) is 1.64. The lowest BCUT2D eigenvalue weighted by Crippen LogP contribution is -2.14. The maximum atomic E-state index is 13.4. The molecule has 0 bridgehead atoms. The van der Waals surface area contributed by atoms with Crippen LogP contribution in [-0.4, -0.2) is 0 Å². The molecule has 1 unspecified atom stereocenters. The number of hydrogen-bond donors (Lipinski definition) is 1. The first kappa shape index (κ1) is 9.59. The van der Waals surface area contributed by atoms with E-state index < -0.39 is 0 Å². The molecule has 14 heavy (non-hydrogen) atoms. The fourth-order valence-corrected chi connectivity index (χ4v) is 1.63. The molecule has 1 atom stereocenters. The highest BCUT2D eigenvalue weighted by atomic mass is 19.1. The Labute approximate surface area is 81.9 Å². The molecule has 0 radical (unpaired) electrons. The van der Waals surface area contributed by atoms with Crippen molar-refractivity contribution >= 4 is 0 Å². The van der Waals surface area contributed by atoms with Gasteiger partial charge in [-0.3, -0.25) is 0 Å². The van der Waals surface area contributed by atoms with E-state index in [1.165, 1.54) is 12.1 Å². The largest absolute Gasteiger partial charge is 0.324 e. The van der Waals surface area contributed by atoms with Crippen molar-refractivity contribution in [2.45, 2.75) is 25.8 Å². The van der Waals surface area contributed by atoms with Crippen molar-refractivity contribution in [1.82, 2.24) is 0 Å². The van der Waals surface area contributed by atoms with Gasteiger partial charge in [0.05, 0.1) is 0 Å². The predicted octanol–water partition coefficient (Wildman–Crippen LogP) is 2.68. The van der Waals surface area contributed by atoms with E-state index in [1.807, 2.05) is 0 Å². The van der Waals surface area contributed by atoms with Crippen LogP contribution < -0.4 is 5.73 Å². The second-order valence-electron chi connectivity index (χ2n) is 3.99. The average Bonchev–Trinajstić information content (AvgIpc) is 2.93. The molecule has 2 N–H and O–H groups in total. The third-order valence-electron chi connectivity index (χ3n) is 2.77. The molecule has 0 amide bonds. The van der Waals surface area contributed by atoms with E-state index >= 15 is 0 Å². The quantitative estimate of drug-likeness (QED) is 0.775. The van der Waals surface area contributed by atoms with E-state index in [0.29, 0.717) is 17.0 Å². The Balaban J connectivity index is 2.36. The van der Waals surface area contributed by atoms with Crippen LogP contribution in [0.2, 0.25) is 0 Å². The molecule has 1 fully saturated rings. The summed E-state index contributed by atoms with van der Waals surface area (Å²) in [5.74, 6) is -0.424. The molecule has 0 heterocycles. The molecule has 1 nitrogen and oxygen atoms in total. The molecule has 0 aromatic heterocycles. The lowest BCUT2D eigenvalue weighted by Gasteiger charge is -2.12. The standard InChI is InChI=1S/C11H13F2N/c1-6-4-10(13)8(5-9(6)12)11(14)7-2-3-7/h4-5,7,11H,2-3,14H2,1H3. The van der Waals surface area contributed by atoms with Gasteiger partial charge >= 0.3 is 0 Å². The zero-order chi connectivity index (χ0) is 10.3. The van der Waals surface area contributed by atoms with Gasteiger partial charge in [0, 0.05) is 11.6 Å². The Morgan fingerprint density at radius 3 is 2.50 bits per heavy atom. The van der Waals surface area contributed by atoms with E-state index in [2.05, 4.69) is 0 Å². The summed E-state index contributed by atoms with van der Waals surface area (Å²) in [4.78, 5) is 0. The first-order valence-electron chi connectivity index (χ1n) is 4.80. The van der Waals surface area contributed by atoms with Crippen LogP contribution in [0.3, 0.4) is 0 Å². The molecule has 3 heteroatoms. The molecule has 0 saturated heterocycles. The number of nitrogens with two attached hydrogens (primary N) is 1. The molecule has 1 aromatic carbocycles. The van der Waals surface area contributed by atoms with Crippen LogP contribution in [0.15, 0.2) is 12.1 Å². The van der Waals surface area contributed by atoms with E-state index in [-0.39, 0.29) is 17.7 Å². The van der Waals surface area contributed by atoms with Gasteiger partial charge in [-0.2, -0.15) is 0 Å². The van der Waals surface area contributed by atoms with Crippen molar-refractivity contribution in [2.24, 2.45) is 11.7 Å². The maximum Gasteiger partial charge on any atom is 0.128 e. The van der Waals surface area contributed by atoms with Crippen LogP contribution in [0.25, 0.3) is 0 Å². The van der Waals surface area contributed by atoms with E-state index in [0.717, 1.165) is 12.8 Å². The summed E-state index contributed by atoms with van der Waals surface area (Å²) in [6.45, 7) is 1.55. The topological polar surface area (TPSA) is 26.0 Å². The molecule has 0 spiro atoms. The first-order chi connectivity index (χ1) is 6.59. The number of aryl methyl sites for hydroxylation is 1. The predicted molar refractivity (Wildman–Crippen MR) is 50.7 cm³/mol. The van der Waals surface area contributed by atoms with Gasteiger partial charge < -0.3 is 5.73 Å². The molecule has 1 aliphatic carbocycles. The van der Waals surface area contributed by atoms with Crippen molar-refractivity contribution in [1.29, 1.82) is 0 Å². The van der Waals surface area contributed by atoms with Gasteiger partial charge in [-0.25, -0.2) is 8.78 Å². The second kappa shape index (κ2) is 3.31. The van der Waals surface area contributed by atoms with Gasteiger partial charge in [-0.1, -0.05) is 0 Å². The van der Waals surface area contributed by atoms with Crippen LogP contribution in [0, 0.1) is 24.5 Å². The van der Waals surface area contributed by atoms with Crippen molar-refractivity contribution in [3.63, 3.8) is 0 Å². The highest BCUT2D eigenvalue weighted by Crippen LogP contribution is 2.40. The van der Waals surface area contributed by atoms with Gasteiger partial charge in [0.1, 0.15) is 11.6 Å². The number of benzene rings is 1. The van der Waals surface area contributed by atoms with Crippen LogP contribution in [0.5, 0.6) is 0 Å². The molecular formula is C11H13F2N. The Morgan fingerprint density at radius 1 is 1.29 bits per heavy atom. The zero-order valence-corrected chi connectivity index (χ0v) is 8.06. The lowest BCUT2D eigenvalue weighted by molar-refractivity contribution is 0.536. The van der Waals surface area contributed by atoms with Gasteiger partial charge in [0.25, 0.3) is 0 Å². The van der Waals surface area contributed by atoms with Crippen LogP contribution >= 0.6 is 0 Å². The Morgan fingerprint density at radius 2 is 1.93 bits per heavy atom. The van der Waals surface area contributed by atoms with Crippen molar-refractivity contribution in [2.75, 3.05) is 0 Å². The van der Waals surface area contributed by atoms with Gasteiger partial charge in [-0.05, 0) is 43.4 Å². The monoisotopic (exact) mass is 197 g/mol. The van der Waals surface area contributed by atoms with Gasteiger partial charge in [0.15, 0.2) is 0 Å². The van der Waals surface area contributed by atoms with Crippen LogP contribution in [0.4, 0.5) is 8.78 Å². The summed E-state index contributed by atoms with van der Waals surface area (Å²) in [5.41, 5.74) is 6.46. The highest BCUT2D eigenvalue weighted by Gasteiger charge is 2.31. The molecule has 2 rings (SSSR count). The van der Waals surface area contributed by atoms with Gasteiger partial charge in [0.2, 0.25) is 0 Å². The van der Waals surface area contributed by atoms with E-state index in [4.69, 9.17) is 5.73 Å². The summed E-state index contributed by atoms with van der Waals surface area (Å²) in [5, 5.41) is 0. The Bertz CT molecular complexity index is 359. The molecule has 76 valence electrons. The minimum atomic E-state index is -0.386. The minimum Gasteiger partial charge on any atom is -0.324 e. The SMILES string of the molecule is Cc1cc(F)c(C(N)C2CC2)cc1F.